The first-order chi connectivity index (χ1) is 9.81. The number of likely N-dealkylation sites (tertiary alicyclic amines) is 1. The Morgan fingerprint density at radius 2 is 2.20 bits per heavy atom. The molecule has 0 bridgehead atoms. The summed E-state index contributed by atoms with van der Waals surface area (Å²) in [5.74, 6) is 0. The van der Waals surface area contributed by atoms with Gasteiger partial charge in [0, 0.05) is 37.9 Å². The van der Waals surface area contributed by atoms with E-state index in [0.29, 0.717) is 6.04 Å². The van der Waals surface area contributed by atoms with Crippen molar-refractivity contribution in [1.82, 2.24) is 19.6 Å². The molecule has 4 rings (SSSR count). The van der Waals surface area contributed by atoms with Gasteiger partial charge in [-0.1, -0.05) is 6.07 Å². The second kappa shape index (κ2) is 4.86. The van der Waals surface area contributed by atoms with Gasteiger partial charge in [0.1, 0.15) is 5.65 Å². The van der Waals surface area contributed by atoms with Gasteiger partial charge in [0.2, 0.25) is 0 Å². The highest BCUT2D eigenvalue weighted by molar-refractivity contribution is 5.42. The molecule has 4 heteroatoms. The average Bonchev–Trinajstić information content (AvgIpc) is 3.11. The summed E-state index contributed by atoms with van der Waals surface area (Å²) in [5.41, 5.74) is 3.49. The van der Waals surface area contributed by atoms with Crippen LogP contribution in [-0.4, -0.2) is 39.5 Å². The van der Waals surface area contributed by atoms with Crippen LogP contribution in [0.15, 0.2) is 24.4 Å². The molecule has 20 heavy (non-hydrogen) atoms. The summed E-state index contributed by atoms with van der Waals surface area (Å²) < 4.78 is 2.20. The number of pyridine rings is 1. The van der Waals surface area contributed by atoms with Crippen LogP contribution in [0, 0.1) is 6.92 Å². The molecule has 2 fully saturated rings. The van der Waals surface area contributed by atoms with Gasteiger partial charge in [-0.15, -0.1) is 0 Å². The number of aromatic nitrogens is 2. The van der Waals surface area contributed by atoms with Crippen LogP contribution in [0.2, 0.25) is 0 Å². The van der Waals surface area contributed by atoms with Crippen molar-refractivity contribution in [2.75, 3.05) is 13.1 Å². The topological polar surface area (TPSA) is 32.6 Å². The van der Waals surface area contributed by atoms with E-state index in [2.05, 4.69) is 44.9 Å². The zero-order valence-corrected chi connectivity index (χ0v) is 12.0. The molecular formula is C16H22N4. The van der Waals surface area contributed by atoms with Crippen molar-refractivity contribution >= 4 is 5.65 Å². The summed E-state index contributed by atoms with van der Waals surface area (Å²) >= 11 is 0. The quantitative estimate of drug-likeness (QED) is 0.922. The molecule has 3 heterocycles. The van der Waals surface area contributed by atoms with E-state index in [9.17, 15) is 0 Å². The van der Waals surface area contributed by atoms with Crippen molar-refractivity contribution in [2.24, 2.45) is 0 Å². The predicted octanol–water partition coefficient (Wildman–Crippen LogP) is 1.97. The molecule has 1 N–H and O–H groups in total. The second-order valence-corrected chi connectivity index (χ2v) is 6.17. The lowest BCUT2D eigenvalue weighted by molar-refractivity contribution is 0.317. The molecule has 1 atom stereocenters. The van der Waals surface area contributed by atoms with Crippen LogP contribution in [0.5, 0.6) is 0 Å². The van der Waals surface area contributed by atoms with E-state index in [4.69, 9.17) is 0 Å². The van der Waals surface area contributed by atoms with E-state index in [1.54, 1.807) is 0 Å². The molecule has 1 unspecified atom stereocenters. The normalized spacial score (nSPS) is 23.8. The predicted molar refractivity (Wildman–Crippen MR) is 79.8 cm³/mol. The third-order valence-corrected chi connectivity index (χ3v) is 4.67. The molecule has 0 amide bonds. The third kappa shape index (κ3) is 2.23. The smallest absolute Gasteiger partial charge is 0.137 e. The minimum Gasteiger partial charge on any atom is -0.307 e. The minimum absolute atomic E-state index is 0.643. The van der Waals surface area contributed by atoms with Crippen molar-refractivity contribution in [3.05, 3.63) is 35.8 Å². The van der Waals surface area contributed by atoms with Crippen LogP contribution in [-0.2, 0) is 6.54 Å². The van der Waals surface area contributed by atoms with Crippen molar-refractivity contribution in [3.8, 4) is 0 Å². The summed E-state index contributed by atoms with van der Waals surface area (Å²) in [5, 5.41) is 3.73. The lowest BCUT2D eigenvalue weighted by Crippen LogP contribution is -2.33. The first kappa shape index (κ1) is 12.4. The Hall–Kier alpha value is -1.39. The van der Waals surface area contributed by atoms with Crippen molar-refractivity contribution in [1.29, 1.82) is 0 Å². The van der Waals surface area contributed by atoms with E-state index in [-0.39, 0.29) is 0 Å². The molecule has 2 aromatic rings. The summed E-state index contributed by atoms with van der Waals surface area (Å²) in [6, 6.07) is 7.73. The van der Waals surface area contributed by atoms with Crippen LogP contribution in [0.3, 0.4) is 0 Å². The molecule has 0 aromatic carbocycles. The maximum absolute atomic E-state index is 4.62. The van der Waals surface area contributed by atoms with Crippen molar-refractivity contribution in [2.45, 2.75) is 44.8 Å². The average molecular weight is 270 g/mol. The SMILES string of the molecule is Cc1nc2ccccn2c1CNC1CCN(C2CC2)C1. The first-order valence-electron chi connectivity index (χ1n) is 7.71. The van der Waals surface area contributed by atoms with E-state index < -0.39 is 0 Å². The highest BCUT2D eigenvalue weighted by Crippen LogP contribution is 2.29. The number of imidazole rings is 1. The van der Waals surface area contributed by atoms with Crippen molar-refractivity contribution < 1.29 is 0 Å². The maximum Gasteiger partial charge on any atom is 0.137 e. The molecule has 1 saturated heterocycles. The van der Waals surface area contributed by atoms with Gasteiger partial charge < -0.3 is 9.72 Å². The Kier molecular flexibility index (Phi) is 3.00. The van der Waals surface area contributed by atoms with Gasteiger partial charge in [0.05, 0.1) is 11.4 Å². The van der Waals surface area contributed by atoms with Crippen LogP contribution >= 0.6 is 0 Å². The Labute approximate surface area is 119 Å². The number of aryl methyl sites for hydroxylation is 1. The summed E-state index contributed by atoms with van der Waals surface area (Å²) in [7, 11) is 0. The zero-order valence-electron chi connectivity index (χ0n) is 12.0. The monoisotopic (exact) mass is 270 g/mol. The Morgan fingerprint density at radius 3 is 3.05 bits per heavy atom. The Balaban J connectivity index is 1.44. The van der Waals surface area contributed by atoms with Crippen molar-refractivity contribution in [3.63, 3.8) is 0 Å². The number of rotatable bonds is 4. The number of fused-ring (bicyclic) bond motifs is 1. The highest BCUT2D eigenvalue weighted by Gasteiger charge is 2.34. The van der Waals surface area contributed by atoms with Gasteiger partial charge in [-0.2, -0.15) is 0 Å². The molecule has 106 valence electrons. The van der Waals surface area contributed by atoms with Gasteiger partial charge in [0.15, 0.2) is 0 Å². The van der Waals surface area contributed by atoms with Gasteiger partial charge in [-0.25, -0.2) is 4.98 Å². The first-order valence-corrected chi connectivity index (χ1v) is 7.71. The fraction of sp³-hybridized carbons (Fsp3) is 0.562. The van der Waals surface area contributed by atoms with Crippen LogP contribution < -0.4 is 5.32 Å². The number of nitrogens with one attached hydrogen (secondary N) is 1. The van der Waals surface area contributed by atoms with Crippen LogP contribution in [0.4, 0.5) is 0 Å². The molecule has 1 saturated carbocycles. The summed E-state index contributed by atoms with van der Waals surface area (Å²) in [6.45, 7) is 5.52. The fourth-order valence-corrected chi connectivity index (χ4v) is 3.34. The molecule has 2 aromatic heterocycles. The molecule has 2 aliphatic rings. The lowest BCUT2D eigenvalue weighted by Gasteiger charge is -2.16. The summed E-state index contributed by atoms with van der Waals surface area (Å²) in [6.07, 6.45) is 6.22. The van der Waals surface area contributed by atoms with Gasteiger partial charge in [-0.3, -0.25) is 4.90 Å². The van der Waals surface area contributed by atoms with E-state index in [1.165, 1.54) is 38.0 Å². The van der Waals surface area contributed by atoms with E-state index >= 15 is 0 Å². The fourth-order valence-electron chi connectivity index (χ4n) is 3.34. The standard InChI is InChI=1S/C16H22N4/c1-12-15(20-8-3-2-4-16(20)18-12)10-17-13-7-9-19(11-13)14-5-6-14/h2-4,8,13-14,17H,5-7,9-11H2,1H3. The highest BCUT2D eigenvalue weighted by atomic mass is 15.2. The Bertz CT molecular complexity index is 614. The molecular weight excluding hydrogens is 248 g/mol. The Morgan fingerprint density at radius 1 is 1.30 bits per heavy atom. The van der Waals surface area contributed by atoms with E-state index in [0.717, 1.165) is 23.9 Å². The zero-order chi connectivity index (χ0) is 13.5. The largest absolute Gasteiger partial charge is 0.307 e. The van der Waals surface area contributed by atoms with Crippen LogP contribution in [0.25, 0.3) is 5.65 Å². The molecule has 0 spiro atoms. The second-order valence-electron chi connectivity index (χ2n) is 6.17. The number of nitrogens with zero attached hydrogens (tertiary/aromatic N) is 3. The number of hydrogen-bond acceptors (Lipinski definition) is 3. The van der Waals surface area contributed by atoms with Crippen LogP contribution in [0.1, 0.15) is 30.7 Å². The van der Waals surface area contributed by atoms with E-state index in [1.807, 2.05) is 6.07 Å². The molecule has 4 nitrogen and oxygen atoms in total. The minimum atomic E-state index is 0.643. The molecule has 1 aliphatic heterocycles. The van der Waals surface area contributed by atoms with Gasteiger partial charge in [0.25, 0.3) is 0 Å². The molecule has 0 radical (unpaired) electrons. The lowest BCUT2D eigenvalue weighted by atomic mass is 10.2. The number of hydrogen-bond donors (Lipinski definition) is 1. The molecule has 1 aliphatic carbocycles. The maximum atomic E-state index is 4.62. The van der Waals surface area contributed by atoms with Gasteiger partial charge >= 0.3 is 0 Å². The van der Waals surface area contributed by atoms with Gasteiger partial charge in [-0.05, 0) is 38.3 Å². The third-order valence-electron chi connectivity index (χ3n) is 4.67. The summed E-state index contributed by atoms with van der Waals surface area (Å²) in [4.78, 5) is 7.28.